The van der Waals surface area contributed by atoms with Crippen molar-refractivity contribution in [3.63, 3.8) is 0 Å². The molecule has 0 spiro atoms. The number of carbonyl (C=O) groups is 1. The molecular formula is C18H31Cl2N3O2. The quantitative estimate of drug-likeness (QED) is 0.713. The number of halogens is 2. The van der Waals surface area contributed by atoms with Gasteiger partial charge in [0.15, 0.2) is 0 Å². The third-order valence-electron chi connectivity index (χ3n) is 4.30. The van der Waals surface area contributed by atoms with Crippen LogP contribution in [0.2, 0.25) is 0 Å². The van der Waals surface area contributed by atoms with Gasteiger partial charge in [-0.2, -0.15) is 0 Å². The SMILES string of the molecule is CCN(CC)Cc1ccccc1CNC(=O)CC1CNCCO1.Cl.Cl. The molecule has 1 heterocycles. The highest BCUT2D eigenvalue weighted by atomic mass is 35.5. The van der Waals surface area contributed by atoms with Gasteiger partial charge in [-0.25, -0.2) is 0 Å². The lowest BCUT2D eigenvalue weighted by Gasteiger charge is -2.23. The van der Waals surface area contributed by atoms with Gasteiger partial charge in [0.25, 0.3) is 0 Å². The molecule has 25 heavy (non-hydrogen) atoms. The summed E-state index contributed by atoms with van der Waals surface area (Å²) in [5, 5.41) is 6.28. The molecule has 1 aliphatic rings. The van der Waals surface area contributed by atoms with Gasteiger partial charge < -0.3 is 15.4 Å². The fourth-order valence-electron chi connectivity index (χ4n) is 2.80. The fourth-order valence-corrected chi connectivity index (χ4v) is 2.80. The van der Waals surface area contributed by atoms with E-state index in [4.69, 9.17) is 4.74 Å². The maximum atomic E-state index is 12.1. The summed E-state index contributed by atoms with van der Waals surface area (Å²) >= 11 is 0. The third-order valence-corrected chi connectivity index (χ3v) is 4.30. The summed E-state index contributed by atoms with van der Waals surface area (Å²) in [4.78, 5) is 14.5. The van der Waals surface area contributed by atoms with Gasteiger partial charge in [-0.15, -0.1) is 24.8 Å². The lowest BCUT2D eigenvalue weighted by atomic mass is 10.1. The first-order valence-electron chi connectivity index (χ1n) is 8.61. The number of nitrogens with zero attached hydrogens (tertiary/aromatic N) is 1. The van der Waals surface area contributed by atoms with Crippen molar-refractivity contribution in [3.05, 3.63) is 35.4 Å². The highest BCUT2D eigenvalue weighted by Gasteiger charge is 2.17. The monoisotopic (exact) mass is 391 g/mol. The highest BCUT2D eigenvalue weighted by Crippen LogP contribution is 2.12. The molecule has 0 radical (unpaired) electrons. The normalized spacial score (nSPS) is 16.7. The van der Waals surface area contributed by atoms with Crippen LogP contribution < -0.4 is 10.6 Å². The van der Waals surface area contributed by atoms with Crippen LogP contribution in [0.25, 0.3) is 0 Å². The number of nitrogens with one attached hydrogen (secondary N) is 2. The van der Waals surface area contributed by atoms with Crippen LogP contribution >= 0.6 is 24.8 Å². The van der Waals surface area contributed by atoms with Crippen molar-refractivity contribution < 1.29 is 9.53 Å². The molecular weight excluding hydrogens is 361 g/mol. The van der Waals surface area contributed by atoms with Crippen molar-refractivity contribution in [3.8, 4) is 0 Å². The van der Waals surface area contributed by atoms with E-state index in [-0.39, 0.29) is 36.8 Å². The Morgan fingerprint density at radius 3 is 2.52 bits per heavy atom. The van der Waals surface area contributed by atoms with Crippen LogP contribution in [0.4, 0.5) is 0 Å². The standard InChI is InChI=1S/C18H29N3O2.2ClH/c1-3-21(4-2)14-16-8-6-5-7-15(16)12-20-18(22)11-17-13-19-9-10-23-17;;/h5-8,17,19H,3-4,9-14H2,1-2H3,(H,20,22);2*1H. The summed E-state index contributed by atoms with van der Waals surface area (Å²) in [5.41, 5.74) is 2.47. The maximum absolute atomic E-state index is 12.1. The Balaban J connectivity index is 0.00000288. The second-order valence-electron chi connectivity index (χ2n) is 5.91. The van der Waals surface area contributed by atoms with Crippen LogP contribution in [-0.2, 0) is 22.6 Å². The molecule has 2 rings (SSSR count). The van der Waals surface area contributed by atoms with Crippen LogP contribution in [0.1, 0.15) is 31.4 Å². The minimum atomic E-state index is -0.00494. The van der Waals surface area contributed by atoms with Crippen LogP contribution in [0.15, 0.2) is 24.3 Å². The molecule has 1 aliphatic heterocycles. The number of amides is 1. The molecule has 0 bridgehead atoms. The molecule has 1 amide bonds. The predicted molar refractivity (Wildman–Crippen MR) is 107 cm³/mol. The van der Waals surface area contributed by atoms with E-state index >= 15 is 0 Å². The van der Waals surface area contributed by atoms with E-state index in [2.05, 4.69) is 47.6 Å². The van der Waals surface area contributed by atoms with E-state index in [1.807, 2.05) is 6.07 Å². The van der Waals surface area contributed by atoms with Gasteiger partial charge in [0, 0.05) is 26.2 Å². The Morgan fingerprint density at radius 2 is 1.92 bits per heavy atom. The Bertz CT molecular complexity index is 493. The molecule has 0 aromatic heterocycles. The number of morpholine rings is 1. The Hall–Kier alpha value is -0.850. The number of hydrogen-bond donors (Lipinski definition) is 2. The van der Waals surface area contributed by atoms with Gasteiger partial charge in [0.2, 0.25) is 5.91 Å². The third kappa shape index (κ3) is 8.38. The summed E-state index contributed by atoms with van der Waals surface area (Å²) in [6, 6.07) is 8.33. The van der Waals surface area contributed by atoms with Gasteiger partial charge in [-0.1, -0.05) is 38.1 Å². The summed E-state index contributed by atoms with van der Waals surface area (Å²) in [7, 11) is 0. The van der Waals surface area contributed by atoms with Crippen molar-refractivity contribution in [2.24, 2.45) is 0 Å². The highest BCUT2D eigenvalue weighted by molar-refractivity contribution is 5.85. The van der Waals surface area contributed by atoms with Crippen molar-refractivity contribution >= 4 is 30.7 Å². The molecule has 1 aromatic carbocycles. The fraction of sp³-hybridized carbons (Fsp3) is 0.611. The van der Waals surface area contributed by atoms with Gasteiger partial charge in [-0.05, 0) is 24.2 Å². The topological polar surface area (TPSA) is 53.6 Å². The molecule has 7 heteroatoms. The van der Waals surface area contributed by atoms with Crippen molar-refractivity contribution in [1.82, 2.24) is 15.5 Å². The molecule has 1 aromatic rings. The van der Waals surface area contributed by atoms with E-state index in [0.717, 1.165) is 32.7 Å². The number of carbonyl (C=O) groups excluding carboxylic acids is 1. The van der Waals surface area contributed by atoms with E-state index in [1.54, 1.807) is 0 Å². The smallest absolute Gasteiger partial charge is 0.222 e. The van der Waals surface area contributed by atoms with Crippen molar-refractivity contribution in [2.45, 2.75) is 39.5 Å². The molecule has 1 unspecified atom stereocenters. The van der Waals surface area contributed by atoms with E-state index in [1.165, 1.54) is 11.1 Å². The molecule has 1 atom stereocenters. The van der Waals surface area contributed by atoms with Gasteiger partial charge >= 0.3 is 0 Å². The molecule has 1 fully saturated rings. The zero-order valence-corrected chi connectivity index (χ0v) is 16.8. The minimum Gasteiger partial charge on any atom is -0.375 e. The average molecular weight is 392 g/mol. The van der Waals surface area contributed by atoms with Crippen LogP contribution in [0.3, 0.4) is 0 Å². The first-order valence-corrected chi connectivity index (χ1v) is 8.61. The summed E-state index contributed by atoms with van der Waals surface area (Å²) < 4.78 is 5.58. The molecule has 0 saturated carbocycles. The molecule has 5 nitrogen and oxygen atoms in total. The molecule has 0 aliphatic carbocycles. The Kier molecular flexibility index (Phi) is 12.9. The predicted octanol–water partition coefficient (Wildman–Crippen LogP) is 2.37. The van der Waals surface area contributed by atoms with Gasteiger partial charge in [0.1, 0.15) is 0 Å². The Labute approximate surface area is 163 Å². The number of hydrogen-bond acceptors (Lipinski definition) is 4. The van der Waals surface area contributed by atoms with E-state index in [0.29, 0.717) is 19.6 Å². The lowest BCUT2D eigenvalue weighted by Crippen LogP contribution is -2.41. The number of ether oxygens (including phenoxy) is 1. The number of rotatable bonds is 8. The van der Waals surface area contributed by atoms with Crippen LogP contribution in [0, 0.1) is 0 Å². The maximum Gasteiger partial charge on any atom is 0.222 e. The first kappa shape index (κ1) is 24.1. The van der Waals surface area contributed by atoms with Gasteiger partial charge in [-0.3, -0.25) is 9.69 Å². The zero-order valence-electron chi connectivity index (χ0n) is 15.1. The summed E-state index contributed by atoms with van der Waals surface area (Å²) in [6.07, 6.45) is 0.417. The molecule has 144 valence electrons. The van der Waals surface area contributed by atoms with Crippen LogP contribution in [-0.4, -0.2) is 49.7 Å². The second-order valence-corrected chi connectivity index (χ2v) is 5.91. The molecule has 2 N–H and O–H groups in total. The summed E-state index contributed by atoms with van der Waals surface area (Å²) in [5.74, 6) is 0.0522. The average Bonchev–Trinajstić information content (AvgIpc) is 2.59. The summed E-state index contributed by atoms with van der Waals surface area (Å²) in [6.45, 7) is 10.2. The zero-order chi connectivity index (χ0) is 16.5. The minimum absolute atomic E-state index is 0. The number of benzene rings is 1. The first-order chi connectivity index (χ1) is 11.2. The van der Waals surface area contributed by atoms with Crippen molar-refractivity contribution in [1.29, 1.82) is 0 Å². The van der Waals surface area contributed by atoms with Gasteiger partial charge in [0.05, 0.1) is 19.1 Å². The van der Waals surface area contributed by atoms with Crippen LogP contribution in [0.5, 0.6) is 0 Å². The van der Waals surface area contributed by atoms with Crippen molar-refractivity contribution in [2.75, 3.05) is 32.8 Å². The molecule has 1 saturated heterocycles. The largest absolute Gasteiger partial charge is 0.375 e. The second kappa shape index (κ2) is 13.4. The van der Waals surface area contributed by atoms with E-state index < -0.39 is 0 Å². The Morgan fingerprint density at radius 1 is 1.24 bits per heavy atom. The lowest BCUT2D eigenvalue weighted by molar-refractivity contribution is -0.124. The van der Waals surface area contributed by atoms with E-state index in [9.17, 15) is 4.79 Å².